The number of benzene rings is 2. The Bertz CT molecular complexity index is 1260. The lowest BCUT2D eigenvalue weighted by Gasteiger charge is -2.40. The van der Waals surface area contributed by atoms with Gasteiger partial charge in [-0.2, -0.15) is 5.10 Å². The third kappa shape index (κ3) is 3.17. The van der Waals surface area contributed by atoms with Crippen LogP contribution in [0.15, 0.2) is 54.9 Å². The Morgan fingerprint density at radius 2 is 2.03 bits per heavy atom. The van der Waals surface area contributed by atoms with Gasteiger partial charge in [0, 0.05) is 29.2 Å². The van der Waals surface area contributed by atoms with Crippen molar-refractivity contribution < 1.29 is 14.6 Å². The molecule has 0 radical (unpaired) electrons. The molecule has 7 nitrogen and oxygen atoms in total. The number of rotatable bonds is 4. The maximum absolute atomic E-state index is 13.0. The molecule has 2 N–H and O–H groups in total. The van der Waals surface area contributed by atoms with Crippen molar-refractivity contribution in [1.82, 2.24) is 14.8 Å². The summed E-state index contributed by atoms with van der Waals surface area (Å²) in [6.45, 7) is 1.84. The van der Waals surface area contributed by atoms with E-state index in [2.05, 4.69) is 15.4 Å². The molecule has 0 bridgehead atoms. The molecule has 0 atom stereocenters. The molecule has 5 rings (SSSR count). The van der Waals surface area contributed by atoms with Crippen molar-refractivity contribution in [3.8, 4) is 5.75 Å². The maximum atomic E-state index is 13.0. The van der Waals surface area contributed by atoms with Crippen molar-refractivity contribution in [3.05, 3.63) is 60.4 Å². The zero-order chi connectivity index (χ0) is 20.9. The third-order valence-electron chi connectivity index (χ3n) is 5.69. The number of hydrogen-bond acceptors (Lipinski definition) is 5. The van der Waals surface area contributed by atoms with Crippen LogP contribution in [-0.4, -0.2) is 38.5 Å². The minimum atomic E-state index is -0.619. The number of carbonyl (C=O) groups is 1. The molecule has 0 unspecified atom stereocenters. The maximum Gasteiger partial charge on any atom is 0.257 e. The number of nitrogens with one attached hydrogen (secondary N) is 1. The first-order chi connectivity index (χ1) is 14.4. The Balaban J connectivity index is 1.48. The quantitative estimate of drug-likeness (QED) is 0.540. The highest BCUT2D eigenvalue weighted by Crippen LogP contribution is 2.41. The molecule has 7 heteroatoms. The summed E-state index contributed by atoms with van der Waals surface area (Å²) in [4.78, 5) is 17.4. The predicted octanol–water partition coefficient (Wildman–Crippen LogP) is 3.93. The van der Waals surface area contributed by atoms with Crippen LogP contribution in [0.1, 0.15) is 36.2 Å². The van der Waals surface area contributed by atoms with Crippen LogP contribution in [0.25, 0.3) is 21.8 Å². The van der Waals surface area contributed by atoms with Gasteiger partial charge < -0.3 is 15.2 Å². The zero-order valence-corrected chi connectivity index (χ0v) is 16.8. The van der Waals surface area contributed by atoms with Gasteiger partial charge in [0.1, 0.15) is 5.75 Å². The number of methoxy groups -OCH3 is 1. The number of aromatic nitrogens is 3. The number of carbonyl (C=O) groups excluding carboxylic acids is 1. The molecule has 152 valence electrons. The predicted molar refractivity (Wildman–Crippen MR) is 115 cm³/mol. The first kappa shape index (κ1) is 18.6. The van der Waals surface area contributed by atoms with Crippen molar-refractivity contribution in [2.45, 2.75) is 31.4 Å². The van der Waals surface area contributed by atoms with Gasteiger partial charge in [-0.1, -0.05) is 18.2 Å². The van der Waals surface area contributed by atoms with Gasteiger partial charge in [-0.3, -0.25) is 14.5 Å². The number of anilines is 1. The normalized spacial score (nSPS) is 20.8. The summed E-state index contributed by atoms with van der Waals surface area (Å²) in [6, 6.07) is 13.2. The van der Waals surface area contributed by atoms with Crippen molar-refractivity contribution in [2.75, 3.05) is 12.4 Å². The molecule has 2 heterocycles. The van der Waals surface area contributed by atoms with Gasteiger partial charge in [-0.05, 0) is 38.0 Å². The van der Waals surface area contributed by atoms with E-state index in [1.807, 2.05) is 54.2 Å². The minimum absolute atomic E-state index is 0.179. The number of para-hydroxylation sites is 1. The van der Waals surface area contributed by atoms with E-state index in [1.54, 1.807) is 19.4 Å². The summed E-state index contributed by atoms with van der Waals surface area (Å²) in [5, 5.41) is 19.4. The summed E-state index contributed by atoms with van der Waals surface area (Å²) in [5.41, 5.74) is 1.89. The molecule has 1 saturated carbocycles. The van der Waals surface area contributed by atoms with Crippen LogP contribution < -0.4 is 10.1 Å². The van der Waals surface area contributed by atoms with E-state index in [0.29, 0.717) is 35.4 Å². The number of fused-ring (bicyclic) bond motifs is 2. The number of amides is 1. The van der Waals surface area contributed by atoms with Gasteiger partial charge in [0.15, 0.2) is 0 Å². The lowest BCUT2D eigenvalue weighted by atomic mass is 9.77. The molecular formula is C23H22N4O3. The Kier molecular flexibility index (Phi) is 4.22. The first-order valence-corrected chi connectivity index (χ1v) is 9.88. The molecule has 4 aromatic rings. The van der Waals surface area contributed by atoms with Crippen LogP contribution in [0.5, 0.6) is 5.75 Å². The van der Waals surface area contributed by atoms with Gasteiger partial charge in [0.2, 0.25) is 0 Å². The SMILES string of the molecule is COc1cc2nn([C@H]3C[C@](C)(O)C3)cc2cc1NC(=O)c1cccc2cccnc12. The first-order valence-electron chi connectivity index (χ1n) is 9.88. The van der Waals surface area contributed by atoms with E-state index >= 15 is 0 Å². The second-order valence-electron chi connectivity index (χ2n) is 8.11. The van der Waals surface area contributed by atoms with Crippen LogP contribution >= 0.6 is 0 Å². The van der Waals surface area contributed by atoms with Crippen LogP contribution in [0, 0.1) is 0 Å². The highest BCUT2D eigenvalue weighted by Gasteiger charge is 2.40. The smallest absolute Gasteiger partial charge is 0.257 e. The highest BCUT2D eigenvalue weighted by atomic mass is 16.5. The number of hydrogen-bond donors (Lipinski definition) is 2. The van der Waals surface area contributed by atoms with Crippen molar-refractivity contribution in [3.63, 3.8) is 0 Å². The molecule has 1 aliphatic carbocycles. The summed E-state index contributed by atoms with van der Waals surface area (Å²) in [6.07, 6.45) is 4.98. The lowest BCUT2D eigenvalue weighted by molar-refractivity contribution is -0.0541. The fourth-order valence-corrected chi connectivity index (χ4v) is 4.14. The molecule has 1 fully saturated rings. The zero-order valence-electron chi connectivity index (χ0n) is 16.8. The monoisotopic (exact) mass is 402 g/mol. The Labute approximate surface area is 173 Å². The number of aliphatic hydroxyl groups is 1. The molecule has 1 amide bonds. The number of ether oxygens (including phenoxy) is 1. The van der Waals surface area contributed by atoms with Gasteiger partial charge in [0.25, 0.3) is 5.91 Å². The molecule has 0 aliphatic heterocycles. The van der Waals surface area contributed by atoms with E-state index in [-0.39, 0.29) is 11.9 Å². The lowest BCUT2D eigenvalue weighted by Crippen LogP contribution is -2.42. The summed E-state index contributed by atoms with van der Waals surface area (Å²) in [7, 11) is 1.57. The van der Waals surface area contributed by atoms with Crippen molar-refractivity contribution in [1.29, 1.82) is 0 Å². The number of nitrogens with zero attached hydrogens (tertiary/aromatic N) is 3. The highest BCUT2D eigenvalue weighted by molar-refractivity contribution is 6.12. The van der Waals surface area contributed by atoms with E-state index in [0.717, 1.165) is 16.3 Å². The molecule has 1 aliphatic rings. The largest absolute Gasteiger partial charge is 0.494 e. The fourth-order valence-electron chi connectivity index (χ4n) is 4.14. The van der Waals surface area contributed by atoms with Gasteiger partial charge >= 0.3 is 0 Å². The molecule has 30 heavy (non-hydrogen) atoms. The average Bonchev–Trinajstić information content (AvgIpc) is 3.13. The Morgan fingerprint density at radius 3 is 2.80 bits per heavy atom. The van der Waals surface area contributed by atoms with E-state index in [4.69, 9.17) is 4.74 Å². The summed E-state index contributed by atoms with van der Waals surface area (Å²) >= 11 is 0. The van der Waals surface area contributed by atoms with Crippen LogP contribution in [-0.2, 0) is 0 Å². The second kappa shape index (κ2) is 6.81. The van der Waals surface area contributed by atoms with Crippen LogP contribution in [0.4, 0.5) is 5.69 Å². The van der Waals surface area contributed by atoms with E-state index in [1.165, 1.54) is 0 Å². The van der Waals surface area contributed by atoms with Gasteiger partial charge in [-0.15, -0.1) is 0 Å². The van der Waals surface area contributed by atoms with Crippen LogP contribution in [0.2, 0.25) is 0 Å². The Hall–Kier alpha value is -3.45. The molecule has 0 saturated heterocycles. The van der Waals surface area contributed by atoms with E-state index < -0.39 is 5.60 Å². The topological polar surface area (TPSA) is 89.3 Å². The van der Waals surface area contributed by atoms with Crippen molar-refractivity contribution >= 4 is 33.4 Å². The van der Waals surface area contributed by atoms with Crippen LogP contribution in [0.3, 0.4) is 0 Å². The molecular weight excluding hydrogens is 380 g/mol. The fraction of sp³-hybridized carbons (Fsp3) is 0.261. The molecule has 2 aromatic heterocycles. The minimum Gasteiger partial charge on any atom is -0.494 e. The van der Waals surface area contributed by atoms with Gasteiger partial charge in [0.05, 0.1) is 41.0 Å². The third-order valence-corrected chi connectivity index (χ3v) is 5.69. The van der Waals surface area contributed by atoms with Gasteiger partial charge in [-0.25, -0.2) is 0 Å². The number of pyridine rings is 1. The van der Waals surface area contributed by atoms with Crippen molar-refractivity contribution in [2.24, 2.45) is 0 Å². The summed E-state index contributed by atoms with van der Waals surface area (Å²) in [5.74, 6) is 0.286. The second-order valence-corrected chi connectivity index (χ2v) is 8.11. The molecule has 2 aromatic carbocycles. The molecule has 0 spiro atoms. The Morgan fingerprint density at radius 1 is 1.23 bits per heavy atom. The standard InChI is InChI=1S/C23H22N4O3/c1-23(29)11-16(12-23)27-13-15-9-19(20(30-2)10-18(15)26-27)25-22(28)17-7-3-5-14-6-4-8-24-21(14)17/h3-10,13,16,29H,11-12H2,1-2H3,(H,25,28)/t16-,23-. The summed E-state index contributed by atoms with van der Waals surface area (Å²) < 4.78 is 7.39. The average molecular weight is 402 g/mol. The van der Waals surface area contributed by atoms with E-state index in [9.17, 15) is 9.90 Å².